The molecule has 0 amide bonds. The fraction of sp³-hybridized carbons (Fsp3) is 0.333. The zero-order valence-electron chi connectivity index (χ0n) is 11.5. The predicted octanol–water partition coefficient (Wildman–Crippen LogP) is 2.94. The molecule has 0 N–H and O–H groups in total. The summed E-state index contributed by atoms with van der Waals surface area (Å²) < 4.78 is 14.6. The third-order valence-corrected chi connectivity index (χ3v) is 3.74. The number of quaternary nitrogens is 1. The average Bonchev–Trinajstić information content (AvgIpc) is 2.36. The van der Waals surface area contributed by atoms with E-state index in [2.05, 4.69) is 44.4 Å². The van der Waals surface area contributed by atoms with Crippen molar-refractivity contribution in [3.05, 3.63) is 42.0 Å². The Hall–Kier alpha value is -1.38. The quantitative estimate of drug-likeness (QED) is 0.683. The van der Waals surface area contributed by atoms with E-state index in [-0.39, 0.29) is 12.6 Å². The van der Waals surface area contributed by atoms with Crippen molar-refractivity contribution in [1.82, 2.24) is 4.48 Å². The molecule has 2 aromatic rings. The van der Waals surface area contributed by atoms with Gasteiger partial charge in [-0.15, -0.1) is 0 Å². The molecule has 17 heavy (non-hydrogen) atoms. The van der Waals surface area contributed by atoms with Gasteiger partial charge in [0.1, 0.15) is 5.69 Å². The first kappa shape index (κ1) is 9.63. The Morgan fingerprint density at radius 1 is 1.24 bits per heavy atom. The molecule has 2 atom stereocenters. The van der Waals surface area contributed by atoms with Gasteiger partial charge in [0.15, 0.2) is 0 Å². The number of hydrogen-bond donors (Lipinski definition) is 0. The number of hydrogen-bond acceptors (Lipinski definition) is 1. The highest BCUT2D eigenvalue weighted by Gasteiger charge is 2.37. The third-order valence-electron chi connectivity index (χ3n) is 3.74. The van der Waals surface area contributed by atoms with Crippen LogP contribution in [0, 0.1) is 0 Å². The van der Waals surface area contributed by atoms with E-state index in [0.717, 1.165) is 5.56 Å². The minimum atomic E-state index is -0.344. The average molecular weight is 229 g/mol. The number of nitrogens with zero attached hydrogens (tertiary/aromatic N) is 1. The molecule has 2 nitrogen and oxygen atoms in total. The van der Waals surface area contributed by atoms with Crippen molar-refractivity contribution in [3.8, 4) is 0 Å². The minimum Gasteiger partial charge on any atom is -0.332 e. The molecular weight excluding hydrogens is 210 g/mol. The summed E-state index contributed by atoms with van der Waals surface area (Å²) in [5.41, 5.74) is 2.31. The molecular formula is C15H18NO+. The minimum absolute atomic E-state index is 0.162. The van der Waals surface area contributed by atoms with Crippen molar-refractivity contribution < 1.29 is 6.11 Å². The highest BCUT2D eigenvalue weighted by atomic mass is 16.5. The molecule has 0 unspecified atom stereocenters. The maximum atomic E-state index is 8.46. The van der Waals surface area contributed by atoms with Crippen LogP contribution in [0.3, 0.4) is 0 Å². The van der Waals surface area contributed by atoms with Gasteiger partial charge in [-0.05, 0) is 17.0 Å². The van der Waals surface area contributed by atoms with E-state index in [1.807, 2.05) is 6.07 Å². The van der Waals surface area contributed by atoms with Gasteiger partial charge in [-0.1, -0.05) is 30.3 Å². The first-order valence-electron chi connectivity index (χ1n) is 6.46. The molecule has 2 heteroatoms. The summed E-state index contributed by atoms with van der Waals surface area (Å²) in [7, 11) is 5.92. The number of ether oxygens (including phenoxy) is 1. The molecule has 2 aromatic carbocycles. The Morgan fingerprint density at radius 3 is 2.65 bits per heavy atom. The zero-order chi connectivity index (χ0) is 12.9. The predicted molar refractivity (Wildman–Crippen MR) is 72.1 cm³/mol. The summed E-state index contributed by atoms with van der Waals surface area (Å²) >= 11 is 0. The van der Waals surface area contributed by atoms with E-state index >= 15 is 0 Å². The number of rotatable bonds is 1. The molecule has 0 aliphatic carbocycles. The molecule has 0 aromatic heterocycles. The fourth-order valence-electron chi connectivity index (χ4n) is 2.78. The van der Waals surface area contributed by atoms with E-state index in [1.165, 1.54) is 16.5 Å². The van der Waals surface area contributed by atoms with Gasteiger partial charge in [0.25, 0.3) is 0 Å². The molecule has 88 valence electrons. The molecule has 0 bridgehead atoms. The Balaban J connectivity index is 2.41. The van der Waals surface area contributed by atoms with E-state index in [1.54, 1.807) is 7.11 Å². The second kappa shape index (κ2) is 3.56. The molecule has 3 rings (SSSR count). The van der Waals surface area contributed by atoms with E-state index in [9.17, 15) is 0 Å². The van der Waals surface area contributed by atoms with Gasteiger partial charge in [-0.2, -0.15) is 0 Å². The molecule has 0 saturated heterocycles. The van der Waals surface area contributed by atoms with Crippen molar-refractivity contribution in [2.45, 2.75) is 12.6 Å². The van der Waals surface area contributed by atoms with Crippen molar-refractivity contribution >= 4 is 16.5 Å². The first-order chi connectivity index (χ1) is 8.57. The monoisotopic (exact) mass is 229 g/mol. The van der Waals surface area contributed by atoms with Crippen LogP contribution in [0.1, 0.15) is 6.93 Å². The van der Waals surface area contributed by atoms with Crippen LogP contribution in [0.25, 0.3) is 10.8 Å². The SMILES string of the molecule is [2H][C@@H]1c2cccc3cccc(c23)[N+](C)(C)[C@H]1OC. The lowest BCUT2D eigenvalue weighted by atomic mass is 9.94. The van der Waals surface area contributed by atoms with Crippen LogP contribution in [0.4, 0.5) is 5.69 Å². The van der Waals surface area contributed by atoms with Crippen LogP contribution >= 0.6 is 0 Å². The Bertz CT molecular complexity index is 603. The van der Waals surface area contributed by atoms with Gasteiger partial charge >= 0.3 is 0 Å². The maximum Gasteiger partial charge on any atom is 0.201 e. The van der Waals surface area contributed by atoms with Crippen molar-refractivity contribution in [1.29, 1.82) is 0 Å². The molecule has 0 saturated carbocycles. The van der Waals surface area contributed by atoms with E-state index in [4.69, 9.17) is 6.11 Å². The second-order valence-corrected chi connectivity index (χ2v) is 5.06. The van der Waals surface area contributed by atoms with Crippen LogP contribution in [0.5, 0.6) is 0 Å². The molecule has 1 aliphatic heterocycles. The standard InChI is InChI=1S/C15H18NO/c1-16(2)13-9-5-7-11-6-4-8-12(15(11)13)10-14(16)17-3/h4-9,14H,10H2,1-3H3/q+1/t14-/m0/s1/i10D/t10-,14+/m1. The van der Waals surface area contributed by atoms with Gasteiger partial charge in [0.2, 0.25) is 6.23 Å². The maximum absolute atomic E-state index is 8.46. The summed E-state index contributed by atoms with van der Waals surface area (Å²) in [4.78, 5) is 0. The van der Waals surface area contributed by atoms with Gasteiger partial charge < -0.3 is 4.74 Å². The lowest BCUT2D eigenvalue weighted by molar-refractivity contribution is -0.000640. The largest absolute Gasteiger partial charge is 0.332 e. The Labute approximate surface area is 103 Å². The number of likely N-dealkylation sites (N-methyl/N-ethyl adjacent to an activating group) is 1. The third kappa shape index (κ3) is 1.41. The molecule has 1 heterocycles. The fourth-order valence-corrected chi connectivity index (χ4v) is 2.78. The molecule has 0 fully saturated rings. The van der Waals surface area contributed by atoms with Crippen LogP contribution in [-0.4, -0.2) is 27.4 Å². The van der Waals surface area contributed by atoms with Gasteiger partial charge in [-0.25, -0.2) is 0 Å². The molecule has 0 spiro atoms. The molecule has 1 aliphatic rings. The molecule has 0 radical (unpaired) electrons. The lowest BCUT2D eigenvalue weighted by Crippen LogP contribution is -2.54. The summed E-state index contributed by atoms with van der Waals surface area (Å²) in [6.45, 7) is 0. The van der Waals surface area contributed by atoms with Gasteiger partial charge in [0, 0.05) is 13.9 Å². The summed E-state index contributed by atoms with van der Waals surface area (Å²) in [5.74, 6) is 0. The smallest absolute Gasteiger partial charge is 0.201 e. The Morgan fingerprint density at radius 2 is 1.94 bits per heavy atom. The van der Waals surface area contributed by atoms with Crippen LogP contribution < -0.4 is 4.48 Å². The first-order valence-corrected chi connectivity index (χ1v) is 5.88. The normalized spacial score (nSPS) is 26.9. The van der Waals surface area contributed by atoms with Crippen molar-refractivity contribution in [3.63, 3.8) is 0 Å². The number of methoxy groups -OCH3 is 1. The van der Waals surface area contributed by atoms with Crippen LogP contribution in [-0.2, 0) is 11.1 Å². The summed E-state index contributed by atoms with van der Waals surface area (Å²) in [6.07, 6.45) is -0.505. The van der Waals surface area contributed by atoms with Crippen molar-refractivity contribution in [2.75, 3.05) is 21.2 Å². The van der Waals surface area contributed by atoms with Gasteiger partial charge in [-0.3, -0.25) is 4.48 Å². The lowest BCUT2D eigenvalue weighted by Gasteiger charge is -2.40. The van der Waals surface area contributed by atoms with E-state index < -0.39 is 0 Å². The second-order valence-electron chi connectivity index (χ2n) is 5.06. The Kier molecular flexibility index (Phi) is 2.01. The zero-order valence-corrected chi connectivity index (χ0v) is 10.5. The van der Waals surface area contributed by atoms with Crippen LogP contribution in [0.2, 0.25) is 0 Å². The highest BCUT2D eigenvalue weighted by molar-refractivity contribution is 5.97. The van der Waals surface area contributed by atoms with E-state index in [0.29, 0.717) is 4.48 Å². The highest BCUT2D eigenvalue weighted by Crippen LogP contribution is 2.39. The number of benzene rings is 2. The topological polar surface area (TPSA) is 9.23 Å². The van der Waals surface area contributed by atoms with Crippen molar-refractivity contribution in [2.24, 2.45) is 0 Å². The summed E-state index contributed by atoms with van der Waals surface area (Å²) in [5, 5.41) is 2.43. The van der Waals surface area contributed by atoms with Gasteiger partial charge in [0.05, 0.1) is 20.5 Å². The van der Waals surface area contributed by atoms with Crippen LogP contribution in [0.15, 0.2) is 36.4 Å². The summed E-state index contributed by atoms with van der Waals surface area (Å²) in [6, 6.07) is 12.5.